The monoisotopic (exact) mass is 153 g/mol. The quantitative estimate of drug-likeness (QED) is 0.352. The van der Waals surface area contributed by atoms with E-state index in [-0.39, 0.29) is 0 Å². The van der Waals surface area contributed by atoms with Crippen LogP contribution in [0.25, 0.3) is 0 Å². The molecule has 40 valence electrons. The summed E-state index contributed by atoms with van der Waals surface area (Å²) in [6.07, 6.45) is 0. The van der Waals surface area contributed by atoms with Gasteiger partial charge < -0.3 is 0 Å². The molecule has 0 aromatic rings. The summed E-state index contributed by atoms with van der Waals surface area (Å²) in [5.74, 6) is 0. The van der Waals surface area contributed by atoms with E-state index in [4.69, 9.17) is 8.43 Å². The summed E-state index contributed by atoms with van der Waals surface area (Å²) in [4.78, 5) is 0. The second-order valence-corrected chi connectivity index (χ2v) is 10.2. The van der Waals surface area contributed by atoms with E-state index in [1.165, 1.54) is 0 Å². The molecule has 3 nitrogen and oxygen atoms in total. The Morgan fingerprint density at radius 3 is 2.71 bits per heavy atom. The van der Waals surface area contributed by atoms with Gasteiger partial charge in [0.15, 0.2) is 0 Å². The van der Waals surface area contributed by atoms with E-state index >= 15 is 0 Å². The maximum atomic E-state index is 10.2. The molecule has 0 N–H and O–H groups in total. The van der Waals surface area contributed by atoms with Gasteiger partial charge in [-0.05, 0) is 6.55 Å². The molecule has 1 rings (SSSR count). The Balaban J connectivity index is 2.40. The molecule has 0 saturated carbocycles. The maximum Gasteiger partial charge on any atom is 0.671 e. The van der Waals surface area contributed by atoms with Crippen molar-refractivity contribution in [2.45, 2.75) is 6.55 Å². The van der Waals surface area contributed by atoms with Gasteiger partial charge in [0.1, 0.15) is 0 Å². The van der Waals surface area contributed by atoms with Crippen molar-refractivity contribution in [1.29, 1.82) is 0 Å². The Morgan fingerprint density at radius 1 is 1.86 bits per heavy atom. The summed E-state index contributed by atoms with van der Waals surface area (Å²) < 4.78 is 19.8. The van der Waals surface area contributed by atoms with Gasteiger partial charge >= 0.3 is 8.25 Å². The Morgan fingerprint density at radius 2 is 2.57 bits per heavy atom. The third-order valence-corrected chi connectivity index (χ3v) is 8.81. The van der Waals surface area contributed by atoms with E-state index < -0.39 is 26.1 Å². The highest BCUT2D eigenvalue weighted by Crippen LogP contribution is 2.29. The molecule has 1 aliphatic heterocycles. The van der Waals surface area contributed by atoms with E-state index in [9.17, 15) is 4.57 Å². The largest absolute Gasteiger partial charge is 0.671 e. The lowest BCUT2D eigenvalue weighted by Gasteiger charge is -1.74. The van der Waals surface area contributed by atoms with Crippen molar-refractivity contribution in [3.05, 3.63) is 0 Å². The van der Waals surface area contributed by atoms with Gasteiger partial charge in [0.25, 0.3) is 17.8 Å². The van der Waals surface area contributed by atoms with Gasteiger partial charge in [0.2, 0.25) is 0 Å². The fourth-order valence-corrected chi connectivity index (χ4v) is 8.54. The van der Waals surface area contributed by atoms with Gasteiger partial charge in [0, 0.05) is 4.57 Å². The summed E-state index contributed by atoms with van der Waals surface area (Å²) in [6.45, 7) is 2.02. The molecule has 6 heteroatoms. The molecule has 0 aromatic heterocycles. The van der Waals surface area contributed by atoms with E-state index in [1.807, 2.05) is 6.55 Å². The number of hydrogen-bond donors (Lipinski definition) is 0. The van der Waals surface area contributed by atoms with Gasteiger partial charge in [-0.1, -0.05) is 0 Å². The minimum atomic E-state index is -1.63. The van der Waals surface area contributed by atoms with Crippen molar-refractivity contribution >= 4 is 26.1 Å². The van der Waals surface area contributed by atoms with E-state index in [0.29, 0.717) is 0 Å². The topological polar surface area (TPSA) is 35.5 Å². The molecule has 0 aromatic carbocycles. The molecule has 0 aliphatic carbocycles. The first-order chi connectivity index (χ1) is 3.29. The van der Waals surface area contributed by atoms with Crippen LogP contribution in [-0.4, -0.2) is 17.8 Å². The molecule has 2 atom stereocenters. The highest BCUT2D eigenvalue weighted by Gasteiger charge is 2.35. The van der Waals surface area contributed by atoms with Crippen LogP contribution in [-0.2, 0) is 13.0 Å². The van der Waals surface area contributed by atoms with E-state index in [2.05, 4.69) is 0 Å². The smallest absolute Gasteiger partial charge is 0.185 e. The van der Waals surface area contributed by atoms with Crippen LogP contribution in [0.15, 0.2) is 0 Å². The minimum Gasteiger partial charge on any atom is -0.185 e. The highest BCUT2D eigenvalue weighted by atomic mass is 31.1. The second kappa shape index (κ2) is 2.15. The van der Waals surface area contributed by atoms with Crippen molar-refractivity contribution in [1.82, 2.24) is 0 Å². The summed E-state index contributed by atoms with van der Waals surface area (Å²) in [7, 11) is -3.05. The predicted octanol–water partition coefficient (Wildman–Crippen LogP) is -0.375. The molecule has 0 bridgehead atoms. The normalized spacial score (nSPS) is 40.1. The zero-order valence-electron chi connectivity index (χ0n) is 3.96. The van der Waals surface area contributed by atoms with Crippen molar-refractivity contribution < 1.29 is 13.0 Å². The summed E-state index contributed by atoms with van der Waals surface area (Å²) in [5.41, 5.74) is 0. The Kier molecular flexibility index (Phi) is 1.71. The van der Waals surface area contributed by atoms with Crippen LogP contribution in [0.3, 0.4) is 0 Å². The first kappa shape index (κ1) is 5.59. The van der Waals surface area contributed by atoms with Crippen LogP contribution in [0.1, 0.15) is 0 Å². The van der Waals surface area contributed by atoms with Gasteiger partial charge in [-0.2, -0.15) is 8.43 Å². The van der Waals surface area contributed by atoms with E-state index in [1.54, 1.807) is 0 Å². The minimum absolute atomic E-state index is 0.447. The van der Waals surface area contributed by atoms with Gasteiger partial charge in [0.05, 0.1) is 0 Å². The Hall–Kier alpha value is 0.454. The second-order valence-electron chi connectivity index (χ2n) is 1.44. The van der Waals surface area contributed by atoms with Crippen molar-refractivity contribution in [2.24, 2.45) is 0 Å². The van der Waals surface area contributed by atoms with Crippen LogP contribution < -0.4 is 0 Å². The standard InChI is InChI=1S/CH6O3PSi2/c1-7-4-5(2)3-6-7/h7H,6H2,1H3/q+1. The molecule has 0 amide bonds. The molecule has 1 heterocycles. The van der Waals surface area contributed by atoms with Crippen molar-refractivity contribution in [3.63, 3.8) is 0 Å². The van der Waals surface area contributed by atoms with Crippen LogP contribution in [0.5, 0.6) is 0 Å². The van der Waals surface area contributed by atoms with Crippen LogP contribution in [0.2, 0.25) is 6.55 Å². The molecule has 7 heavy (non-hydrogen) atoms. The summed E-state index contributed by atoms with van der Waals surface area (Å²) in [5, 5.41) is 0. The van der Waals surface area contributed by atoms with Crippen molar-refractivity contribution in [3.8, 4) is 0 Å². The molecule has 1 aliphatic rings. The SMILES string of the molecule is C[SiH]1O[P+](=O)O[SiH2]1. The molecule has 0 spiro atoms. The fourth-order valence-electron chi connectivity index (χ4n) is 0.374. The third-order valence-electron chi connectivity index (χ3n) is 0.681. The van der Waals surface area contributed by atoms with Crippen LogP contribution in [0.4, 0.5) is 0 Å². The van der Waals surface area contributed by atoms with Gasteiger partial charge in [-0.25, -0.2) is 0 Å². The number of rotatable bonds is 0. The first-order valence-electron chi connectivity index (χ1n) is 2.06. The van der Waals surface area contributed by atoms with Crippen molar-refractivity contribution in [2.75, 3.05) is 0 Å². The Bertz CT molecular complexity index is 94.9. The van der Waals surface area contributed by atoms with Crippen LogP contribution in [0, 0.1) is 0 Å². The zero-order valence-corrected chi connectivity index (χ0v) is 7.42. The highest BCUT2D eigenvalue weighted by molar-refractivity contribution is 7.43. The lowest BCUT2D eigenvalue weighted by atomic mass is 11.9. The molecular weight excluding hydrogens is 147 g/mol. The van der Waals surface area contributed by atoms with Crippen LogP contribution >= 0.6 is 8.25 Å². The average molecular weight is 153 g/mol. The van der Waals surface area contributed by atoms with Gasteiger partial charge in [-0.3, -0.25) is 0 Å². The molecule has 0 radical (unpaired) electrons. The maximum absolute atomic E-state index is 10.2. The summed E-state index contributed by atoms with van der Waals surface area (Å²) in [6, 6.07) is 0. The lowest BCUT2D eigenvalue weighted by Crippen LogP contribution is -2.11. The summed E-state index contributed by atoms with van der Waals surface area (Å²) >= 11 is 0. The molecule has 1 saturated heterocycles. The third kappa shape index (κ3) is 1.43. The first-order valence-corrected chi connectivity index (χ1v) is 8.62. The fraction of sp³-hybridized carbons (Fsp3) is 1.00. The lowest BCUT2D eigenvalue weighted by molar-refractivity contribution is 0.457. The number of hydrogen-bond acceptors (Lipinski definition) is 3. The molecule has 2 unspecified atom stereocenters. The predicted molar refractivity (Wildman–Crippen MR) is 31.3 cm³/mol. The molecular formula is CH6O3PSi2+. The zero-order chi connectivity index (χ0) is 5.28. The van der Waals surface area contributed by atoms with E-state index in [0.717, 1.165) is 0 Å². The molecule has 1 fully saturated rings. The Labute approximate surface area is 46.4 Å². The van der Waals surface area contributed by atoms with Gasteiger partial charge in [-0.15, -0.1) is 0 Å². The average Bonchev–Trinajstić information content (AvgIpc) is 1.87.